The maximum absolute atomic E-state index is 12.9. The number of anilines is 2. The van der Waals surface area contributed by atoms with E-state index in [1.165, 1.54) is 7.11 Å². The highest BCUT2D eigenvalue weighted by Crippen LogP contribution is 2.29. The van der Waals surface area contributed by atoms with E-state index in [0.717, 1.165) is 18.8 Å². The Morgan fingerprint density at radius 3 is 2.24 bits per heavy atom. The van der Waals surface area contributed by atoms with Crippen molar-refractivity contribution in [2.75, 3.05) is 96.0 Å². The predicted molar refractivity (Wildman–Crippen MR) is 123 cm³/mol. The third-order valence-electron chi connectivity index (χ3n) is 6.24. The number of nitrogens with zero attached hydrogens (tertiary/aromatic N) is 4. The van der Waals surface area contributed by atoms with E-state index in [9.17, 15) is 14.4 Å². The molecule has 0 unspecified atom stereocenters. The second-order valence-corrected chi connectivity index (χ2v) is 8.25. The molecule has 0 spiro atoms. The molecule has 3 aliphatic heterocycles. The van der Waals surface area contributed by atoms with Gasteiger partial charge >= 0.3 is 12.1 Å². The van der Waals surface area contributed by atoms with Crippen LogP contribution < -0.4 is 15.5 Å². The van der Waals surface area contributed by atoms with Gasteiger partial charge in [-0.15, -0.1) is 0 Å². The van der Waals surface area contributed by atoms with Gasteiger partial charge in [-0.1, -0.05) is 0 Å². The fourth-order valence-corrected chi connectivity index (χ4v) is 4.35. The molecule has 0 saturated carbocycles. The van der Waals surface area contributed by atoms with Crippen LogP contribution in [0.3, 0.4) is 0 Å². The summed E-state index contributed by atoms with van der Waals surface area (Å²) in [6.07, 6.45) is -0.593. The van der Waals surface area contributed by atoms with Crippen LogP contribution in [0.4, 0.5) is 21.0 Å². The summed E-state index contributed by atoms with van der Waals surface area (Å²) in [6.45, 7) is 7.64. The molecule has 3 saturated heterocycles. The summed E-state index contributed by atoms with van der Waals surface area (Å²) in [5.74, 6) is -0.0584. The van der Waals surface area contributed by atoms with E-state index in [-0.39, 0.29) is 11.9 Å². The molecule has 0 aromatic heterocycles. The minimum Gasteiger partial charge on any atom is -0.453 e. The first-order valence-electron chi connectivity index (χ1n) is 11.4. The van der Waals surface area contributed by atoms with Crippen LogP contribution in [0.25, 0.3) is 0 Å². The maximum Gasteiger partial charge on any atom is 0.411 e. The van der Waals surface area contributed by atoms with Gasteiger partial charge in [0.05, 0.1) is 31.7 Å². The van der Waals surface area contributed by atoms with Crippen LogP contribution >= 0.6 is 0 Å². The average Bonchev–Trinajstić information content (AvgIpc) is 2.89. The fourth-order valence-electron chi connectivity index (χ4n) is 4.35. The van der Waals surface area contributed by atoms with E-state index in [1.807, 2.05) is 20.8 Å². The van der Waals surface area contributed by atoms with Crippen LogP contribution in [0.1, 0.15) is 10.4 Å². The summed E-state index contributed by atoms with van der Waals surface area (Å²) in [7, 11) is 1.31. The molecule has 2 N–H and O–H groups in total. The molecule has 3 heterocycles. The standard InChI is InChI=1S/C22H32N6O5/c1-32-21(30)24-18-16-17(20(29)26-6-4-23-5-7-26)2-3-19(18)25-8-10-27(11-9-25)22(31)28-12-14-33-15-13-28/h2-3,16,23H,4-15H2,1H3,(H,24,30). The van der Waals surface area contributed by atoms with Gasteiger partial charge in [0.2, 0.25) is 0 Å². The van der Waals surface area contributed by atoms with Crippen LogP contribution in [-0.4, -0.2) is 119 Å². The summed E-state index contributed by atoms with van der Waals surface area (Å²) in [4.78, 5) is 45.3. The molecule has 33 heavy (non-hydrogen) atoms. The predicted octanol–water partition coefficient (Wildman–Crippen LogP) is 0.485. The van der Waals surface area contributed by atoms with Crippen molar-refractivity contribution in [3.05, 3.63) is 23.8 Å². The average molecular weight is 461 g/mol. The SMILES string of the molecule is COC(=O)Nc1cc(C(=O)N2CCNCC2)ccc1N1CCN(C(=O)N2CCOCC2)CC1. The molecule has 3 aliphatic rings. The van der Waals surface area contributed by atoms with Gasteiger partial charge in [-0.3, -0.25) is 10.1 Å². The van der Waals surface area contributed by atoms with E-state index in [4.69, 9.17) is 9.47 Å². The second-order valence-electron chi connectivity index (χ2n) is 8.25. The molecular formula is C22H32N6O5. The van der Waals surface area contributed by atoms with Gasteiger partial charge in [-0.25, -0.2) is 9.59 Å². The van der Waals surface area contributed by atoms with Crippen molar-refractivity contribution < 1.29 is 23.9 Å². The Morgan fingerprint density at radius 2 is 1.58 bits per heavy atom. The fraction of sp³-hybridized carbons (Fsp3) is 0.591. The number of carbonyl (C=O) groups is 3. The first kappa shape index (κ1) is 23.1. The summed E-state index contributed by atoms with van der Waals surface area (Å²) in [5, 5.41) is 5.99. The first-order valence-corrected chi connectivity index (χ1v) is 11.4. The van der Waals surface area contributed by atoms with Gasteiger partial charge < -0.3 is 34.4 Å². The van der Waals surface area contributed by atoms with Gasteiger partial charge in [-0.05, 0) is 18.2 Å². The van der Waals surface area contributed by atoms with Crippen LogP contribution in [0.5, 0.6) is 0 Å². The highest BCUT2D eigenvalue weighted by molar-refractivity contribution is 5.98. The molecule has 4 rings (SSSR count). The molecule has 0 atom stereocenters. The number of hydrogen-bond acceptors (Lipinski definition) is 7. The number of carbonyl (C=O) groups excluding carboxylic acids is 3. The third-order valence-corrected chi connectivity index (χ3v) is 6.24. The molecular weight excluding hydrogens is 428 g/mol. The highest BCUT2D eigenvalue weighted by atomic mass is 16.5. The summed E-state index contributed by atoms with van der Waals surface area (Å²) in [6, 6.07) is 5.41. The van der Waals surface area contributed by atoms with Crippen molar-refractivity contribution in [3.8, 4) is 0 Å². The lowest BCUT2D eigenvalue weighted by Gasteiger charge is -2.39. The van der Waals surface area contributed by atoms with Crippen molar-refractivity contribution in [2.45, 2.75) is 0 Å². The Hall–Kier alpha value is -3.05. The lowest BCUT2D eigenvalue weighted by molar-refractivity contribution is 0.0428. The summed E-state index contributed by atoms with van der Waals surface area (Å²) >= 11 is 0. The smallest absolute Gasteiger partial charge is 0.411 e. The number of hydrogen-bond donors (Lipinski definition) is 2. The number of morpholine rings is 1. The van der Waals surface area contributed by atoms with Gasteiger partial charge in [0, 0.05) is 71.0 Å². The lowest BCUT2D eigenvalue weighted by atomic mass is 10.1. The first-order chi connectivity index (χ1) is 16.1. The highest BCUT2D eigenvalue weighted by Gasteiger charge is 2.28. The van der Waals surface area contributed by atoms with Gasteiger partial charge in [0.15, 0.2) is 0 Å². The van der Waals surface area contributed by atoms with Crippen LogP contribution in [-0.2, 0) is 9.47 Å². The topological polar surface area (TPSA) is 107 Å². The van der Waals surface area contributed by atoms with Crippen molar-refractivity contribution in [3.63, 3.8) is 0 Å². The molecule has 1 aromatic rings. The number of nitrogens with one attached hydrogen (secondary N) is 2. The van der Waals surface area contributed by atoms with Crippen molar-refractivity contribution >= 4 is 29.4 Å². The van der Waals surface area contributed by atoms with E-state index < -0.39 is 6.09 Å². The number of ether oxygens (including phenoxy) is 2. The number of amides is 4. The van der Waals surface area contributed by atoms with Gasteiger partial charge in [-0.2, -0.15) is 0 Å². The van der Waals surface area contributed by atoms with Crippen molar-refractivity contribution in [1.82, 2.24) is 20.0 Å². The van der Waals surface area contributed by atoms with E-state index >= 15 is 0 Å². The minimum atomic E-state index is -0.593. The Morgan fingerprint density at radius 1 is 0.909 bits per heavy atom. The number of piperazine rings is 2. The van der Waals surface area contributed by atoms with Gasteiger partial charge in [0.25, 0.3) is 5.91 Å². The lowest BCUT2D eigenvalue weighted by Crippen LogP contribution is -2.55. The molecule has 1 aromatic carbocycles. The Labute approximate surface area is 193 Å². The van der Waals surface area contributed by atoms with Crippen LogP contribution in [0.15, 0.2) is 18.2 Å². The number of methoxy groups -OCH3 is 1. The van der Waals surface area contributed by atoms with E-state index in [1.54, 1.807) is 12.1 Å². The maximum atomic E-state index is 12.9. The van der Waals surface area contributed by atoms with Crippen LogP contribution in [0, 0.1) is 0 Å². The molecule has 0 aliphatic carbocycles. The molecule has 11 nitrogen and oxygen atoms in total. The summed E-state index contributed by atoms with van der Waals surface area (Å²) < 4.78 is 10.1. The zero-order valence-corrected chi connectivity index (χ0v) is 19.0. The Bertz CT molecular complexity index is 861. The normalized spacial score (nSPS) is 19.3. The zero-order chi connectivity index (χ0) is 23.2. The molecule has 4 amide bonds. The second kappa shape index (κ2) is 10.7. The van der Waals surface area contributed by atoms with E-state index in [0.29, 0.717) is 76.8 Å². The minimum absolute atomic E-state index is 0.0443. The number of rotatable bonds is 3. The molecule has 0 bridgehead atoms. The molecule has 11 heteroatoms. The quantitative estimate of drug-likeness (QED) is 0.676. The van der Waals surface area contributed by atoms with Crippen molar-refractivity contribution in [1.29, 1.82) is 0 Å². The molecule has 3 fully saturated rings. The van der Waals surface area contributed by atoms with Gasteiger partial charge in [0.1, 0.15) is 0 Å². The van der Waals surface area contributed by atoms with Crippen LogP contribution in [0.2, 0.25) is 0 Å². The largest absolute Gasteiger partial charge is 0.453 e. The zero-order valence-electron chi connectivity index (χ0n) is 19.0. The third kappa shape index (κ3) is 5.48. The monoisotopic (exact) mass is 460 g/mol. The Kier molecular flexibility index (Phi) is 7.50. The number of benzene rings is 1. The molecule has 0 radical (unpaired) electrons. The van der Waals surface area contributed by atoms with Crippen molar-refractivity contribution in [2.24, 2.45) is 0 Å². The number of urea groups is 1. The summed E-state index contributed by atoms with van der Waals surface area (Å²) in [5.41, 5.74) is 1.85. The Balaban J connectivity index is 1.46. The molecule has 180 valence electrons. The van der Waals surface area contributed by atoms with E-state index in [2.05, 4.69) is 15.5 Å².